The summed E-state index contributed by atoms with van der Waals surface area (Å²) in [4.78, 5) is 38.3. The van der Waals surface area contributed by atoms with Gasteiger partial charge in [-0.2, -0.15) is 0 Å². The fourth-order valence-corrected chi connectivity index (χ4v) is 2.98. The molecule has 2 rings (SSSR count). The number of nitrogens with zero attached hydrogens (tertiary/aromatic N) is 1. The molecule has 0 unspecified atom stereocenters. The van der Waals surface area contributed by atoms with Crippen LogP contribution in [0.4, 0.5) is 9.59 Å². The number of aryl methyl sites for hydroxylation is 1. The van der Waals surface area contributed by atoms with Crippen molar-refractivity contribution in [2.75, 3.05) is 0 Å². The molecule has 1 aromatic carbocycles. The zero-order valence-corrected chi connectivity index (χ0v) is 17.5. The number of ether oxygens (including phenoxy) is 2. The lowest BCUT2D eigenvalue weighted by molar-refractivity contribution is -0.00855. The van der Waals surface area contributed by atoms with Crippen molar-refractivity contribution in [2.45, 2.75) is 78.0 Å². The van der Waals surface area contributed by atoms with E-state index in [4.69, 9.17) is 9.47 Å². The van der Waals surface area contributed by atoms with Crippen LogP contribution in [0.2, 0.25) is 0 Å². The number of carbonyl (C=O) groups is 3. The average molecular weight is 390 g/mol. The minimum absolute atomic E-state index is 0.227. The van der Waals surface area contributed by atoms with Crippen molar-refractivity contribution >= 4 is 18.0 Å². The summed E-state index contributed by atoms with van der Waals surface area (Å²) in [5.41, 5.74) is 2.40. The van der Waals surface area contributed by atoms with Gasteiger partial charge in [-0.3, -0.25) is 4.79 Å². The molecule has 0 saturated carbocycles. The van der Waals surface area contributed by atoms with E-state index in [2.05, 4.69) is 5.43 Å². The summed E-state index contributed by atoms with van der Waals surface area (Å²) in [7, 11) is 0. The number of ketones is 1. The molecule has 7 nitrogen and oxygen atoms in total. The van der Waals surface area contributed by atoms with Crippen LogP contribution in [0.3, 0.4) is 0 Å². The van der Waals surface area contributed by atoms with E-state index in [1.165, 1.54) is 0 Å². The number of benzene rings is 1. The molecule has 0 fully saturated rings. The molecular weight excluding hydrogens is 360 g/mol. The van der Waals surface area contributed by atoms with Gasteiger partial charge in [0.25, 0.3) is 0 Å². The summed E-state index contributed by atoms with van der Waals surface area (Å²) in [6, 6.07) is 6.46. The quantitative estimate of drug-likeness (QED) is 0.572. The van der Waals surface area contributed by atoms with Crippen molar-refractivity contribution in [2.24, 2.45) is 0 Å². The third kappa shape index (κ3) is 5.97. The summed E-state index contributed by atoms with van der Waals surface area (Å²) < 4.78 is 10.7. The Morgan fingerprint density at radius 2 is 1.64 bits per heavy atom. The number of hydrazine groups is 1. The Labute approximate surface area is 166 Å². The van der Waals surface area contributed by atoms with Crippen molar-refractivity contribution in [3.05, 3.63) is 35.4 Å². The molecule has 1 atom stereocenters. The molecule has 0 aromatic heterocycles. The highest BCUT2D eigenvalue weighted by molar-refractivity contribution is 6.03. The highest BCUT2D eigenvalue weighted by atomic mass is 16.6. The lowest BCUT2D eigenvalue weighted by Crippen LogP contribution is -2.56. The maximum Gasteiger partial charge on any atom is 0.430 e. The molecule has 0 saturated heterocycles. The Morgan fingerprint density at radius 1 is 1.04 bits per heavy atom. The van der Waals surface area contributed by atoms with Gasteiger partial charge in [-0.15, -0.1) is 0 Å². The molecule has 1 aromatic rings. The normalized spacial score (nSPS) is 17.2. The summed E-state index contributed by atoms with van der Waals surface area (Å²) in [5, 5.41) is 0.976. The van der Waals surface area contributed by atoms with Gasteiger partial charge in [0.1, 0.15) is 17.2 Å². The van der Waals surface area contributed by atoms with Crippen LogP contribution in [0.15, 0.2) is 24.3 Å². The Kier molecular flexibility index (Phi) is 6.37. The monoisotopic (exact) mass is 390 g/mol. The lowest BCUT2D eigenvalue weighted by Gasteiger charge is -2.33. The molecule has 1 aliphatic rings. The van der Waals surface area contributed by atoms with E-state index < -0.39 is 29.4 Å². The van der Waals surface area contributed by atoms with Gasteiger partial charge in [0.15, 0.2) is 5.78 Å². The first-order valence-corrected chi connectivity index (χ1v) is 9.51. The van der Waals surface area contributed by atoms with E-state index in [-0.39, 0.29) is 5.78 Å². The van der Waals surface area contributed by atoms with E-state index in [0.29, 0.717) is 18.4 Å². The summed E-state index contributed by atoms with van der Waals surface area (Å²) in [5.74, 6) is -0.227. The van der Waals surface area contributed by atoms with Gasteiger partial charge in [0, 0.05) is 5.56 Å². The summed E-state index contributed by atoms with van der Waals surface area (Å²) in [6.07, 6.45) is 0.220. The second kappa shape index (κ2) is 8.20. The van der Waals surface area contributed by atoms with Gasteiger partial charge in [-0.05, 0) is 66.4 Å². The van der Waals surface area contributed by atoms with Crippen LogP contribution in [-0.2, 0) is 15.9 Å². The molecule has 154 valence electrons. The van der Waals surface area contributed by atoms with Crippen molar-refractivity contribution < 1.29 is 23.9 Å². The highest BCUT2D eigenvalue weighted by Crippen LogP contribution is 2.24. The van der Waals surface area contributed by atoms with Gasteiger partial charge in [-0.25, -0.2) is 20.0 Å². The first kappa shape index (κ1) is 21.7. The second-order valence-corrected chi connectivity index (χ2v) is 8.89. The van der Waals surface area contributed by atoms with Gasteiger partial charge in [-0.1, -0.05) is 24.3 Å². The van der Waals surface area contributed by atoms with E-state index in [9.17, 15) is 14.4 Å². The first-order valence-electron chi connectivity index (χ1n) is 9.51. The van der Waals surface area contributed by atoms with Crippen molar-refractivity contribution in [3.8, 4) is 0 Å². The average Bonchev–Trinajstić information content (AvgIpc) is 2.69. The lowest BCUT2D eigenvalue weighted by atomic mass is 10.0. The Hall–Kier alpha value is -2.57. The number of nitrogens with one attached hydrogen (secondary N) is 1. The maximum absolute atomic E-state index is 13.2. The zero-order chi connectivity index (χ0) is 21.1. The molecule has 28 heavy (non-hydrogen) atoms. The van der Waals surface area contributed by atoms with Crippen molar-refractivity contribution in [3.63, 3.8) is 0 Å². The second-order valence-electron chi connectivity index (χ2n) is 8.89. The minimum Gasteiger partial charge on any atom is -0.443 e. The Morgan fingerprint density at radius 3 is 2.25 bits per heavy atom. The number of amides is 2. The largest absolute Gasteiger partial charge is 0.443 e. The smallest absolute Gasteiger partial charge is 0.430 e. The zero-order valence-electron chi connectivity index (χ0n) is 17.5. The standard InChI is InChI=1S/C21H30N2O5/c1-20(2,3)27-18(25)22-23(19(26)28-21(4,5)6)16-13-9-11-14-10-7-8-12-15(14)17(16)24/h7-8,10,12,16H,9,11,13H2,1-6H3,(H,22,25)/t16-/m0/s1. The van der Waals surface area contributed by atoms with Crippen molar-refractivity contribution in [1.82, 2.24) is 10.4 Å². The van der Waals surface area contributed by atoms with Gasteiger partial charge in [0.05, 0.1) is 0 Å². The maximum atomic E-state index is 13.2. The third-order valence-corrected chi connectivity index (χ3v) is 4.02. The number of hydrogen-bond acceptors (Lipinski definition) is 5. The number of Topliss-reactive ketones (excluding diaryl/α,β-unsaturated/α-hetero) is 1. The van der Waals surface area contributed by atoms with E-state index in [0.717, 1.165) is 17.0 Å². The summed E-state index contributed by atoms with van der Waals surface area (Å²) >= 11 is 0. The first-order chi connectivity index (χ1) is 12.9. The fourth-order valence-electron chi connectivity index (χ4n) is 2.98. The predicted octanol–water partition coefficient (Wildman–Crippen LogP) is 4.25. The highest BCUT2D eigenvalue weighted by Gasteiger charge is 2.37. The topological polar surface area (TPSA) is 84.9 Å². The molecule has 0 bridgehead atoms. The minimum atomic E-state index is -0.869. The Balaban J connectivity index is 2.33. The van der Waals surface area contributed by atoms with Gasteiger partial charge >= 0.3 is 12.2 Å². The van der Waals surface area contributed by atoms with Crippen LogP contribution < -0.4 is 5.43 Å². The number of fused-ring (bicyclic) bond motifs is 1. The molecule has 1 aliphatic carbocycles. The molecule has 0 spiro atoms. The molecule has 1 N–H and O–H groups in total. The number of hydrogen-bond donors (Lipinski definition) is 1. The van der Waals surface area contributed by atoms with Crippen LogP contribution in [0.25, 0.3) is 0 Å². The van der Waals surface area contributed by atoms with Crippen LogP contribution in [0, 0.1) is 0 Å². The molecule has 0 heterocycles. The van der Waals surface area contributed by atoms with Crippen molar-refractivity contribution in [1.29, 1.82) is 0 Å². The van der Waals surface area contributed by atoms with Crippen LogP contribution in [-0.4, -0.2) is 40.2 Å². The van der Waals surface area contributed by atoms with E-state index in [1.807, 2.05) is 12.1 Å². The fraction of sp³-hybridized carbons (Fsp3) is 0.571. The predicted molar refractivity (Wildman–Crippen MR) is 105 cm³/mol. The molecule has 0 radical (unpaired) electrons. The van der Waals surface area contributed by atoms with Crippen LogP contribution >= 0.6 is 0 Å². The third-order valence-electron chi connectivity index (χ3n) is 4.02. The van der Waals surface area contributed by atoms with Crippen LogP contribution in [0.5, 0.6) is 0 Å². The number of rotatable bonds is 1. The van der Waals surface area contributed by atoms with Crippen LogP contribution in [0.1, 0.15) is 70.3 Å². The molecule has 2 amide bonds. The Bertz CT molecular complexity index is 746. The SMILES string of the molecule is CC(C)(C)OC(=O)NN(C(=O)OC(C)(C)C)[C@H]1CCCc2ccccc2C1=O. The van der Waals surface area contributed by atoms with E-state index in [1.54, 1.807) is 53.7 Å². The van der Waals surface area contributed by atoms with Gasteiger partial charge in [0.2, 0.25) is 0 Å². The molecule has 7 heteroatoms. The summed E-state index contributed by atoms with van der Waals surface area (Å²) in [6.45, 7) is 10.3. The molecular formula is C21H30N2O5. The molecule has 0 aliphatic heterocycles. The van der Waals surface area contributed by atoms with E-state index >= 15 is 0 Å². The number of carbonyl (C=O) groups excluding carboxylic acids is 3. The van der Waals surface area contributed by atoms with Gasteiger partial charge < -0.3 is 9.47 Å².